The molecule has 2 aliphatic carbocycles. The second-order valence-electron chi connectivity index (χ2n) is 4.41. The molecule has 86 valence electrons. The highest BCUT2D eigenvalue weighted by molar-refractivity contribution is 5.59. The maximum atomic E-state index is 3.29. The van der Waals surface area contributed by atoms with Gasteiger partial charge in [-0.15, -0.1) is 0 Å². The van der Waals surface area contributed by atoms with E-state index in [0.29, 0.717) is 0 Å². The Morgan fingerprint density at radius 1 is 0.889 bits per heavy atom. The van der Waals surface area contributed by atoms with Crippen LogP contribution in [-0.4, -0.2) is 0 Å². The van der Waals surface area contributed by atoms with Crippen molar-refractivity contribution in [2.45, 2.75) is 12.8 Å². The molecule has 0 saturated heterocycles. The Morgan fingerprint density at radius 2 is 1.78 bits per heavy atom. The minimum absolute atomic E-state index is 1.01. The van der Waals surface area contributed by atoms with Crippen molar-refractivity contribution in [3.05, 3.63) is 83.0 Å². The predicted octanol–water partition coefficient (Wildman–Crippen LogP) is 4.18. The van der Waals surface area contributed by atoms with E-state index >= 15 is 0 Å². The van der Waals surface area contributed by atoms with Gasteiger partial charge in [0, 0.05) is 11.1 Å². The first kappa shape index (κ1) is 10.9. The Balaban J connectivity index is 1.91. The first-order valence-electron chi connectivity index (χ1n) is 6.27. The van der Waals surface area contributed by atoms with Crippen LogP contribution < -0.4 is 0 Å². The average Bonchev–Trinajstić information content (AvgIpc) is 3.08. The van der Waals surface area contributed by atoms with Crippen molar-refractivity contribution in [3.8, 4) is 11.8 Å². The summed E-state index contributed by atoms with van der Waals surface area (Å²) >= 11 is 0. The van der Waals surface area contributed by atoms with Gasteiger partial charge in [0.15, 0.2) is 0 Å². The first-order valence-corrected chi connectivity index (χ1v) is 6.27. The van der Waals surface area contributed by atoms with E-state index in [4.69, 9.17) is 0 Å². The van der Waals surface area contributed by atoms with Gasteiger partial charge in [0.1, 0.15) is 0 Å². The lowest BCUT2D eigenvalue weighted by molar-refractivity contribution is 1.27. The summed E-state index contributed by atoms with van der Waals surface area (Å²) in [6.07, 6.45) is 13.1. The summed E-state index contributed by atoms with van der Waals surface area (Å²) in [5.41, 5.74) is 4.95. The Bertz CT molecular complexity index is 626. The fourth-order valence-corrected chi connectivity index (χ4v) is 2.24. The van der Waals surface area contributed by atoms with Crippen molar-refractivity contribution >= 4 is 0 Å². The minimum Gasteiger partial charge on any atom is -0.0801 e. The number of benzene rings is 1. The van der Waals surface area contributed by atoms with Gasteiger partial charge in [0.05, 0.1) is 0 Å². The van der Waals surface area contributed by atoms with E-state index in [9.17, 15) is 0 Å². The summed E-state index contributed by atoms with van der Waals surface area (Å²) in [5.74, 6) is 6.52. The summed E-state index contributed by atoms with van der Waals surface area (Å²) in [6, 6.07) is 10.1. The van der Waals surface area contributed by atoms with Gasteiger partial charge in [0.25, 0.3) is 0 Å². The third-order valence-corrected chi connectivity index (χ3v) is 3.17. The van der Waals surface area contributed by atoms with Crippen molar-refractivity contribution in [1.82, 2.24) is 0 Å². The molecule has 0 aromatic heterocycles. The van der Waals surface area contributed by atoms with Crippen LogP contribution in [0.3, 0.4) is 0 Å². The van der Waals surface area contributed by atoms with Crippen LogP contribution in [0.2, 0.25) is 0 Å². The van der Waals surface area contributed by atoms with E-state index in [1.54, 1.807) is 0 Å². The zero-order valence-electron chi connectivity index (χ0n) is 10.2. The molecule has 0 amide bonds. The molecule has 0 spiro atoms. The molecule has 0 radical (unpaired) electrons. The van der Waals surface area contributed by atoms with E-state index in [-0.39, 0.29) is 0 Å². The van der Waals surface area contributed by atoms with Gasteiger partial charge in [-0.05, 0) is 42.2 Å². The summed E-state index contributed by atoms with van der Waals surface area (Å²) in [6.45, 7) is 0. The largest absolute Gasteiger partial charge is 0.0801 e. The molecule has 2 aliphatic rings. The van der Waals surface area contributed by atoms with Gasteiger partial charge < -0.3 is 0 Å². The Morgan fingerprint density at radius 3 is 2.56 bits per heavy atom. The molecular weight excluding hydrogens is 216 g/mol. The van der Waals surface area contributed by atoms with Crippen molar-refractivity contribution in [2.24, 2.45) is 0 Å². The van der Waals surface area contributed by atoms with Crippen LogP contribution in [0.4, 0.5) is 0 Å². The van der Waals surface area contributed by atoms with Crippen LogP contribution >= 0.6 is 0 Å². The normalized spacial score (nSPS) is 16.8. The molecule has 3 rings (SSSR count). The molecule has 0 aliphatic heterocycles. The highest BCUT2D eigenvalue weighted by Gasteiger charge is 2.11. The average molecular weight is 230 g/mol. The molecule has 0 heterocycles. The zero-order chi connectivity index (χ0) is 12.2. The summed E-state index contributed by atoms with van der Waals surface area (Å²) in [4.78, 5) is 0. The summed E-state index contributed by atoms with van der Waals surface area (Å²) in [7, 11) is 0. The first-order chi connectivity index (χ1) is 8.93. The van der Waals surface area contributed by atoms with Crippen molar-refractivity contribution in [3.63, 3.8) is 0 Å². The second-order valence-corrected chi connectivity index (χ2v) is 4.41. The van der Waals surface area contributed by atoms with Gasteiger partial charge in [-0.25, -0.2) is 0 Å². The highest BCUT2D eigenvalue weighted by Crippen LogP contribution is 2.29. The van der Waals surface area contributed by atoms with Crippen LogP contribution in [0.25, 0.3) is 0 Å². The lowest BCUT2D eigenvalue weighted by atomic mass is 10.0. The molecule has 1 aromatic rings. The SMILES string of the molecule is C(#Cc1ccccc1)C1=C(C2=CCC=C2)CC=C1. The van der Waals surface area contributed by atoms with Crippen molar-refractivity contribution < 1.29 is 0 Å². The van der Waals surface area contributed by atoms with Crippen LogP contribution in [-0.2, 0) is 0 Å². The van der Waals surface area contributed by atoms with Gasteiger partial charge in [-0.3, -0.25) is 0 Å². The molecular formula is C18H14. The summed E-state index contributed by atoms with van der Waals surface area (Å²) < 4.78 is 0. The van der Waals surface area contributed by atoms with Crippen LogP contribution in [0.15, 0.2) is 77.4 Å². The van der Waals surface area contributed by atoms with Crippen LogP contribution in [0, 0.1) is 11.8 Å². The van der Waals surface area contributed by atoms with Gasteiger partial charge >= 0.3 is 0 Å². The lowest BCUT2D eigenvalue weighted by Gasteiger charge is -2.01. The van der Waals surface area contributed by atoms with Gasteiger partial charge in [-0.2, -0.15) is 0 Å². The predicted molar refractivity (Wildman–Crippen MR) is 75.9 cm³/mol. The van der Waals surface area contributed by atoms with E-state index in [1.807, 2.05) is 30.3 Å². The minimum atomic E-state index is 1.01. The number of hydrogen-bond acceptors (Lipinski definition) is 0. The smallest absolute Gasteiger partial charge is 0.0287 e. The molecule has 0 unspecified atom stereocenters. The van der Waals surface area contributed by atoms with Gasteiger partial charge in [-0.1, -0.05) is 54.3 Å². The molecule has 0 N–H and O–H groups in total. The molecule has 18 heavy (non-hydrogen) atoms. The molecule has 0 atom stereocenters. The van der Waals surface area contributed by atoms with E-state index < -0.39 is 0 Å². The van der Waals surface area contributed by atoms with E-state index in [1.165, 1.54) is 11.1 Å². The number of rotatable bonds is 1. The van der Waals surface area contributed by atoms with Crippen LogP contribution in [0.5, 0.6) is 0 Å². The van der Waals surface area contributed by atoms with Crippen LogP contribution in [0.1, 0.15) is 18.4 Å². The molecule has 1 aromatic carbocycles. The fourth-order valence-electron chi connectivity index (χ4n) is 2.24. The monoisotopic (exact) mass is 230 g/mol. The fraction of sp³-hybridized carbons (Fsp3) is 0.111. The van der Waals surface area contributed by atoms with Crippen molar-refractivity contribution in [1.29, 1.82) is 0 Å². The van der Waals surface area contributed by atoms with Crippen molar-refractivity contribution in [2.75, 3.05) is 0 Å². The van der Waals surface area contributed by atoms with E-state index in [2.05, 4.69) is 42.2 Å². The molecule has 0 nitrogen and oxygen atoms in total. The highest BCUT2D eigenvalue weighted by atomic mass is 14.1. The lowest BCUT2D eigenvalue weighted by Crippen LogP contribution is -1.85. The Kier molecular flexibility index (Phi) is 2.98. The molecule has 0 saturated carbocycles. The number of allylic oxidation sites excluding steroid dienone is 8. The third-order valence-electron chi connectivity index (χ3n) is 3.17. The standard InChI is InChI=1S/C18H14/c1-2-7-15(8-3-1)13-14-17-11-6-12-18(17)16-9-4-5-10-16/h1-4,6-11H,5,12H2. The quantitative estimate of drug-likeness (QED) is 0.635. The maximum Gasteiger partial charge on any atom is 0.0287 e. The molecule has 0 fully saturated rings. The van der Waals surface area contributed by atoms with E-state index in [0.717, 1.165) is 24.0 Å². The van der Waals surface area contributed by atoms with Gasteiger partial charge in [0.2, 0.25) is 0 Å². The molecule has 0 bridgehead atoms. The topological polar surface area (TPSA) is 0 Å². The second kappa shape index (κ2) is 4.94. The Labute approximate surface area is 108 Å². The maximum absolute atomic E-state index is 3.29. The third kappa shape index (κ3) is 2.21. The Hall–Kier alpha value is -2.26. The zero-order valence-corrected chi connectivity index (χ0v) is 10.2. The molecule has 0 heteroatoms. The number of hydrogen-bond donors (Lipinski definition) is 0. The summed E-state index contributed by atoms with van der Waals surface area (Å²) in [5, 5.41) is 0.